The van der Waals surface area contributed by atoms with Crippen LogP contribution >= 0.6 is 0 Å². The van der Waals surface area contributed by atoms with E-state index in [4.69, 9.17) is 11.1 Å². The molecular formula is C18H31BOSi. The van der Waals surface area contributed by atoms with Crippen LogP contribution in [-0.2, 0) is 4.65 Å². The Morgan fingerprint density at radius 2 is 1.90 bits per heavy atom. The zero-order valence-corrected chi connectivity index (χ0v) is 15.1. The predicted molar refractivity (Wildman–Crippen MR) is 96.3 cm³/mol. The van der Waals surface area contributed by atoms with Gasteiger partial charge in [-0.1, -0.05) is 64.2 Å². The molecule has 21 heavy (non-hydrogen) atoms. The molecule has 0 radical (unpaired) electrons. The van der Waals surface area contributed by atoms with Gasteiger partial charge in [0.1, 0.15) is 0 Å². The molecular weight excluding hydrogens is 271 g/mol. The molecule has 2 rings (SSSR count). The summed E-state index contributed by atoms with van der Waals surface area (Å²) < 4.78 is 6.59. The molecule has 0 amide bonds. The number of rotatable bonds is 5. The molecule has 2 bridgehead atoms. The van der Waals surface area contributed by atoms with Crippen molar-refractivity contribution in [1.29, 1.82) is 0 Å². The van der Waals surface area contributed by atoms with Crippen molar-refractivity contribution < 1.29 is 4.65 Å². The summed E-state index contributed by atoms with van der Waals surface area (Å²) in [6, 6.07) is 0. The van der Waals surface area contributed by atoms with Crippen LogP contribution in [0.3, 0.4) is 0 Å². The first-order valence-corrected chi connectivity index (χ1v) is 12.3. The standard InChI is InChI=1S/C18H31BOSi/c1-6-10-17(7-2)20-19-16-13-8-11-15(12-9-14-16)18(19)21(3,4)5/h1,7,15-18H,2,8-14H2,3-5H3/t15?,16?,17-,18?/m0/s1. The third-order valence-corrected chi connectivity index (χ3v) is 8.34. The topological polar surface area (TPSA) is 9.23 Å². The van der Waals surface area contributed by atoms with Crippen molar-refractivity contribution >= 4 is 15.0 Å². The van der Waals surface area contributed by atoms with E-state index < -0.39 is 8.07 Å². The summed E-state index contributed by atoms with van der Waals surface area (Å²) in [4.78, 5) is 0. The maximum atomic E-state index is 6.59. The SMILES string of the molecule is C#CC[C@H](C=C)OB1C2CCCC(CCC2)C1[Si](C)(C)C. The van der Waals surface area contributed by atoms with E-state index in [0.29, 0.717) is 13.3 Å². The van der Waals surface area contributed by atoms with Gasteiger partial charge in [-0.2, -0.15) is 0 Å². The van der Waals surface area contributed by atoms with Crippen LogP contribution in [0.5, 0.6) is 0 Å². The Kier molecular flexibility index (Phi) is 5.80. The predicted octanol–water partition coefficient (Wildman–Crippen LogP) is 5.17. The Morgan fingerprint density at radius 3 is 2.38 bits per heavy atom. The summed E-state index contributed by atoms with van der Waals surface area (Å²) in [6.45, 7) is 11.9. The highest BCUT2D eigenvalue weighted by Crippen LogP contribution is 2.50. The summed E-state index contributed by atoms with van der Waals surface area (Å²) in [5.74, 6) is 4.38. The third-order valence-electron chi connectivity index (χ3n) is 5.54. The molecule has 116 valence electrons. The zero-order valence-electron chi connectivity index (χ0n) is 14.1. The van der Waals surface area contributed by atoms with Gasteiger partial charge in [0.05, 0.1) is 6.10 Å². The molecule has 0 aromatic heterocycles. The van der Waals surface area contributed by atoms with E-state index in [1.165, 1.54) is 38.5 Å². The lowest BCUT2D eigenvalue weighted by molar-refractivity contribution is 0.244. The van der Waals surface area contributed by atoms with Crippen molar-refractivity contribution in [2.45, 2.75) is 81.9 Å². The lowest BCUT2D eigenvalue weighted by Gasteiger charge is -2.39. The van der Waals surface area contributed by atoms with Gasteiger partial charge in [-0.25, -0.2) is 0 Å². The molecule has 0 N–H and O–H groups in total. The highest BCUT2D eigenvalue weighted by Gasteiger charge is 2.49. The Labute approximate surface area is 133 Å². The van der Waals surface area contributed by atoms with E-state index in [0.717, 1.165) is 17.2 Å². The summed E-state index contributed by atoms with van der Waals surface area (Å²) in [5, 5.41) is 0. The van der Waals surface area contributed by atoms with Crippen LogP contribution in [0.15, 0.2) is 12.7 Å². The van der Waals surface area contributed by atoms with E-state index >= 15 is 0 Å². The van der Waals surface area contributed by atoms with Crippen LogP contribution in [0.1, 0.15) is 44.9 Å². The van der Waals surface area contributed by atoms with Gasteiger partial charge >= 0.3 is 0 Å². The summed E-state index contributed by atoms with van der Waals surface area (Å²) >= 11 is 0. The first kappa shape index (κ1) is 16.9. The normalized spacial score (nSPS) is 31.1. The quantitative estimate of drug-likeness (QED) is 0.386. The van der Waals surface area contributed by atoms with Crippen molar-refractivity contribution in [2.75, 3.05) is 0 Å². The molecule has 0 aromatic carbocycles. The lowest BCUT2D eigenvalue weighted by atomic mass is 9.50. The second kappa shape index (κ2) is 7.20. The van der Waals surface area contributed by atoms with Gasteiger partial charge in [0, 0.05) is 14.5 Å². The van der Waals surface area contributed by atoms with Gasteiger partial charge in [0.15, 0.2) is 0 Å². The highest BCUT2D eigenvalue weighted by molar-refractivity contribution is 6.88. The van der Waals surface area contributed by atoms with Crippen molar-refractivity contribution in [2.24, 2.45) is 5.92 Å². The monoisotopic (exact) mass is 302 g/mol. The molecule has 0 spiro atoms. The van der Waals surface area contributed by atoms with Crippen LogP contribution in [0.2, 0.25) is 30.9 Å². The summed E-state index contributed by atoms with van der Waals surface area (Å²) in [7, 11) is -1.25. The molecule has 2 atom stereocenters. The van der Waals surface area contributed by atoms with Gasteiger partial charge in [0.2, 0.25) is 0 Å². The van der Waals surface area contributed by atoms with Gasteiger partial charge in [-0.3, -0.25) is 0 Å². The number of hydrogen-bond acceptors (Lipinski definition) is 1. The van der Waals surface area contributed by atoms with Gasteiger partial charge in [-0.05, 0) is 17.2 Å². The van der Waals surface area contributed by atoms with Gasteiger partial charge in [0.25, 0.3) is 6.92 Å². The van der Waals surface area contributed by atoms with Crippen LogP contribution < -0.4 is 0 Å². The van der Waals surface area contributed by atoms with Crippen LogP contribution in [-0.4, -0.2) is 21.1 Å². The van der Waals surface area contributed by atoms with Gasteiger partial charge < -0.3 is 4.65 Å². The summed E-state index contributed by atoms with van der Waals surface area (Å²) in [5.41, 5.74) is 0.785. The minimum Gasteiger partial charge on any atom is -0.429 e. The molecule has 0 aromatic rings. The average Bonchev–Trinajstić information content (AvgIpc) is 2.65. The molecule has 1 nitrogen and oxygen atoms in total. The van der Waals surface area contributed by atoms with Crippen molar-refractivity contribution in [3.63, 3.8) is 0 Å². The van der Waals surface area contributed by atoms with Crippen LogP contribution in [0, 0.1) is 18.3 Å². The molecule has 2 heterocycles. The smallest absolute Gasteiger partial charge is 0.297 e. The minimum atomic E-state index is -1.25. The van der Waals surface area contributed by atoms with Crippen LogP contribution in [0.4, 0.5) is 0 Å². The van der Waals surface area contributed by atoms with E-state index in [9.17, 15) is 0 Å². The Hall–Kier alpha value is -0.458. The number of fused-ring (bicyclic) bond motifs is 3. The fraction of sp³-hybridized carbons (Fsp3) is 0.778. The van der Waals surface area contributed by atoms with Gasteiger partial charge in [-0.15, -0.1) is 18.9 Å². The maximum absolute atomic E-state index is 6.59. The first-order chi connectivity index (χ1) is 9.97. The van der Waals surface area contributed by atoms with E-state index in [-0.39, 0.29) is 6.10 Å². The molecule has 2 fully saturated rings. The van der Waals surface area contributed by atoms with Crippen LogP contribution in [0.25, 0.3) is 0 Å². The Balaban J connectivity index is 2.27. The van der Waals surface area contributed by atoms with E-state index in [2.05, 4.69) is 32.1 Å². The maximum Gasteiger partial charge on any atom is 0.297 e. The van der Waals surface area contributed by atoms with Crippen molar-refractivity contribution in [3.8, 4) is 12.3 Å². The lowest BCUT2D eigenvalue weighted by Crippen LogP contribution is -2.46. The Bertz CT molecular complexity index is 385. The molecule has 2 aliphatic rings. The second-order valence-electron chi connectivity index (χ2n) is 8.06. The molecule has 0 saturated carbocycles. The van der Waals surface area contributed by atoms with Crippen molar-refractivity contribution in [1.82, 2.24) is 0 Å². The third kappa shape index (κ3) is 4.05. The van der Waals surface area contributed by atoms with E-state index in [1.807, 2.05) is 6.08 Å². The molecule has 3 heteroatoms. The molecule has 2 saturated heterocycles. The first-order valence-electron chi connectivity index (χ1n) is 8.69. The molecule has 0 aliphatic carbocycles. The van der Waals surface area contributed by atoms with Crippen molar-refractivity contribution in [3.05, 3.63) is 12.7 Å². The highest BCUT2D eigenvalue weighted by atomic mass is 28.3. The fourth-order valence-corrected chi connectivity index (χ4v) is 7.81. The zero-order chi connectivity index (χ0) is 15.5. The minimum absolute atomic E-state index is 0.0400. The fourth-order valence-electron chi connectivity index (χ4n) is 4.72. The Morgan fingerprint density at radius 1 is 1.29 bits per heavy atom. The number of hydrogen-bond donors (Lipinski definition) is 0. The molecule has 2 aliphatic heterocycles. The number of terminal acetylenes is 1. The molecule has 1 unspecified atom stereocenters. The second-order valence-corrected chi connectivity index (χ2v) is 13.5. The largest absolute Gasteiger partial charge is 0.429 e. The average molecular weight is 302 g/mol. The van der Waals surface area contributed by atoms with E-state index in [1.54, 1.807) is 0 Å². The summed E-state index contributed by atoms with van der Waals surface area (Å²) in [6.07, 6.45) is 16.4.